The van der Waals surface area contributed by atoms with Gasteiger partial charge in [0.15, 0.2) is 0 Å². The van der Waals surface area contributed by atoms with Gasteiger partial charge in [-0.3, -0.25) is 9.59 Å². The number of amides is 2. The number of halogens is 2. The molecule has 8 nitrogen and oxygen atoms in total. The number of rotatable bonds is 8. The van der Waals surface area contributed by atoms with Crippen molar-refractivity contribution in [2.45, 2.75) is 57.8 Å². The van der Waals surface area contributed by atoms with E-state index >= 15 is 0 Å². The van der Waals surface area contributed by atoms with Crippen LogP contribution >= 0.6 is 0 Å². The molecule has 1 N–H and O–H groups in total. The zero-order valence-electron chi connectivity index (χ0n) is 18.8. The highest BCUT2D eigenvalue weighted by molar-refractivity contribution is 5.87. The van der Waals surface area contributed by atoms with Gasteiger partial charge >= 0.3 is 0 Å². The summed E-state index contributed by atoms with van der Waals surface area (Å²) in [6.45, 7) is 1.55. The van der Waals surface area contributed by atoms with Gasteiger partial charge in [-0.2, -0.15) is 4.80 Å². The molecule has 2 aromatic carbocycles. The lowest BCUT2D eigenvalue weighted by molar-refractivity contribution is -0.141. The third-order valence-electron chi connectivity index (χ3n) is 5.97. The lowest BCUT2D eigenvalue weighted by Gasteiger charge is -2.29. The lowest BCUT2D eigenvalue weighted by Crippen LogP contribution is -2.50. The molecule has 1 saturated carbocycles. The highest BCUT2D eigenvalue weighted by Gasteiger charge is 2.29. The molecular formula is C24H26F2N6O2. The van der Waals surface area contributed by atoms with Crippen LogP contribution in [0.2, 0.25) is 0 Å². The average molecular weight is 469 g/mol. The fraction of sp³-hybridized carbons (Fsp3) is 0.375. The number of nitrogens with zero attached hydrogens (tertiary/aromatic N) is 5. The summed E-state index contributed by atoms with van der Waals surface area (Å²) in [6, 6.07) is 10.8. The molecular weight excluding hydrogens is 442 g/mol. The van der Waals surface area contributed by atoms with Crippen LogP contribution in [-0.4, -0.2) is 49.0 Å². The summed E-state index contributed by atoms with van der Waals surface area (Å²) in [5, 5.41) is 15.1. The normalized spacial score (nSPS) is 14.7. The number of aromatic nitrogens is 4. The first-order chi connectivity index (χ1) is 16.4. The second-order valence-electron chi connectivity index (χ2n) is 8.46. The van der Waals surface area contributed by atoms with E-state index in [1.165, 1.54) is 41.3 Å². The number of hydrogen-bond donors (Lipinski definition) is 1. The number of carbonyl (C=O) groups is 2. The summed E-state index contributed by atoms with van der Waals surface area (Å²) < 4.78 is 26.5. The van der Waals surface area contributed by atoms with Crippen molar-refractivity contribution in [3.63, 3.8) is 0 Å². The number of hydrogen-bond acceptors (Lipinski definition) is 5. The minimum atomic E-state index is -0.752. The number of tetrazole rings is 1. The molecule has 34 heavy (non-hydrogen) atoms. The van der Waals surface area contributed by atoms with Gasteiger partial charge in [-0.1, -0.05) is 25.0 Å². The van der Waals surface area contributed by atoms with Crippen LogP contribution in [0.5, 0.6) is 0 Å². The van der Waals surface area contributed by atoms with Crippen molar-refractivity contribution >= 4 is 11.8 Å². The van der Waals surface area contributed by atoms with Crippen molar-refractivity contribution in [1.82, 2.24) is 30.4 Å². The summed E-state index contributed by atoms with van der Waals surface area (Å²) >= 11 is 0. The summed E-state index contributed by atoms with van der Waals surface area (Å²) in [5.41, 5.74) is 1.25. The monoisotopic (exact) mass is 468 g/mol. The SMILES string of the molecule is C[C@H](C(=O)NC1CCCC1)N(Cc1ccc(F)cc1)C(=O)Cn1nnc(-c2ccc(F)cc2)n1. The van der Waals surface area contributed by atoms with Gasteiger partial charge in [0.05, 0.1) is 0 Å². The van der Waals surface area contributed by atoms with Gasteiger partial charge in [-0.15, -0.1) is 10.2 Å². The van der Waals surface area contributed by atoms with Crippen LogP contribution < -0.4 is 5.32 Å². The molecule has 1 aromatic heterocycles. The fourth-order valence-electron chi connectivity index (χ4n) is 4.00. The standard InChI is InChI=1S/C24H26F2N6O2/c1-16(24(34)27-21-4-2-3-5-21)31(14-17-6-10-19(25)11-7-17)22(33)15-32-29-23(28-30-32)18-8-12-20(26)13-9-18/h6-13,16,21H,2-5,14-15H2,1H3,(H,27,34)/t16-/m1/s1. The van der Waals surface area contributed by atoms with Crippen LogP contribution in [0.4, 0.5) is 8.78 Å². The van der Waals surface area contributed by atoms with E-state index < -0.39 is 6.04 Å². The Morgan fingerprint density at radius 1 is 1.06 bits per heavy atom. The predicted molar refractivity (Wildman–Crippen MR) is 120 cm³/mol. The van der Waals surface area contributed by atoms with Crippen LogP contribution in [-0.2, 0) is 22.7 Å². The van der Waals surface area contributed by atoms with E-state index in [0.29, 0.717) is 11.1 Å². The second kappa shape index (κ2) is 10.5. The summed E-state index contributed by atoms with van der Waals surface area (Å²) in [4.78, 5) is 28.7. The van der Waals surface area contributed by atoms with Crippen LogP contribution in [0, 0.1) is 11.6 Å². The maximum Gasteiger partial charge on any atom is 0.247 e. The third kappa shape index (κ3) is 5.81. The van der Waals surface area contributed by atoms with E-state index in [9.17, 15) is 18.4 Å². The Kier molecular flexibility index (Phi) is 7.24. The van der Waals surface area contributed by atoms with Gasteiger partial charge < -0.3 is 10.2 Å². The van der Waals surface area contributed by atoms with Gasteiger partial charge in [-0.25, -0.2) is 8.78 Å². The first-order valence-electron chi connectivity index (χ1n) is 11.3. The van der Waals surface area contributed by atoms with Crippen LogP contribution in [0.15, 0.2) is 48.5 Å². The smallest absolute Gasteiger partial charge is 0.247 e. The Balaban J connectivity index is 1.50. The highest BCUT2D eigenvalue weighted by atomic mass is 19.1. The van der Waals surface area contributed by atoms with E-state index in [2.05, 4.69) is 20.7 Å². The second-order valence-corrected chi connectivity index (χ2v) is 8.46. The fourth-order valence-corrected chi connectivity index (χ4v) is 4.00. The molecule has 1 aliphatic rings. The van der Waals surface area contributed by atoms with Crippen LogP contribution in [0.1, 0.15) is 38.2 Å². The topological polar surface area (TPSA) is 93.0 Å². The predicted octanol–water partition coefficient (Wildman–Crippen LogP) is 3.09. The first kappa shape index (κ1) is 23.5. The van der Waals surface area contributed by atoms with E-state index in [0.717, 1.165) is 30.5 Å². The van der Waals surface area contributed by atoms with Crippen LogP contribution in [0.25, 0.3) is 11.4 Å². The zero-order valence-corrected chi connectivity index (χ0v) is 18.8. The molecule has 10 heteroatoms. The number of benzene rings is 2. The van der Waals surface area contributed by atoms with Gasteiger partial charge in [0.25, 0.3) is 0 Å². The van der Waals surface area contributed by atoms with Crippen molar-refractivity contribution in [3.8, 4) is 11.4 Å². The largest absolute Gasteiger partial charge is 0.352 e. The quantitative estimate of drug-likeness (QED) is 0.549. The molecule has 0 saturated heterocycles. The Hall–Kier alpha value is -3.69. The van der Waals surface area contributed by atoms with Gasteiger partial charge in [0, 0.05) is 18.2 Å². The Bertz CT molecular complexity index is 1130. The molecule has 0 bridgehead atoms. The molecule has 1 fully saturated rings. The van der Waals surface area contributed by atoms with Crippen molar-refractivity contribution in [1.29, 1.82) is 0 Å². The zero-order chi connectivity index (χ0) is 24.1. The van der Waals surface area contributed by atoms with E-state index in [1.54, 1.807) is 19.1 Å². The Labute approximate surface area is 196 Å². The van der Waals surface area contributed by atoms with Crippen molar-refractivity contribution < 1.29 is 18.4 Å². The van der Waals surface area contributed by atoms with Crippen molar-refractivity contribution in [3.05, 3.63) is 65.7 Å². The molecule has 0 radical (unpaired) electrons. The molecule has 0 aliphatic heterocycles. The molecule has 1 heterocycles. The Morgan fingerprint density at radius 3 is 2.32 bits per heavy atom. The molecule has 3 aromatic rings. The van der Waals surface area contributed by atoms with Gasteiger partial charge in [-0.05, 0) is 66.9 Å². The Morgan fingerprint density at radius 2 is 1.68 bits per heavy atom. The molecule has 2 amide bonds. The number of nitrogens with one attached hydrogen (secondary N) is 1. The van der Waals surface area contributed by atoms with E-state index in [1.807, 2.05) is 0 Å². The minimum absolute atomic E-state index is 0.118. The highest BCUT2D eigenvalue weighted by Crippen LogP contribution is 2.19. The molecule has 4 rings (SSSR count). The summed E-state index contributed by atoms with van der Waals surface area (Å²) in [6.07, 6.45) is 4.01. The lowest BCUT2D eigenvalue weighted by atomic mass is 10.1. The first-order valence-corrected chi connectivity index (χ1v) is 11.3. The van der Waals surface area contributed by atoms with Crippen molar-refractivity contribution in [2.75, 3.05) is 0 Å². The van der Waals surface area contributed by atoms with Crippen molar-refractivity contribution in [2.24, 2.45) is 0 Å². The third-order valence-corrected chi connectivity index (χ3v) is 5.97. The number of carbonyl (C=O) groups excluding carboxylic acids is 2. The van der Waals surface area contributed by atoms with Gasteiger partial charge in [0.2, 0.25) is 17.6 Å². The molecule has 0 spiro atoms. The molecule has 1 aliphatic carbocycles. The van der Waals surface area contributed by atoms with E-state index in [-0.39, 0.29) is 48.4 Å². The maximum absolute atomic E-state index is 13.4. The summed E-state index contributed by atoms with van der Waals surface area (Å²) in [5.74, 6) is -1.13. The maximum atomic E-state index is 13.4. The van der Waals surface area contributed by atoms with E-state index in [4.69, 9.17) is 0 Å². The average Bonchev–Trinajstić information content (AvgIpc) is 3.51. The van der Waals surface area contributed by atoms with Gasteiger partial charge in [0.1, 0.15) is 24.2 Å². The minimum Gasteiger partial charge on any atom is -0.352 e. The molecule has 0 unspecified atom stereocenters. The summed E-state index contributed by atoms with van der Waals surface area (Å²) in [7, 11) is 0. The molecule has 178 valence electrons. The van der Waals surface area contributed by atoms with Crippen LogP contribution in [0.3, 0.4) is 0 Å². The molecule has 1 atom stereocenters.